The van der Waals surface area contributed by atoms with Gasteiger partial charge in [-0.05, 0) is 6.42 Å². The van der Waals surface area contributed by atoms with Gasteiger partial charge in [0.15, 0.2) is 4.33 Å². The molecule has 0 N–H and O–H groups in total. The van der Waals surface area contributed by atoms with Crippen LogP contribution in [0.5, 0.6) is 0 Å². The highest BCUT2D eigenvalue weighted by Crippen LogP contribution is 2.77. The molecule has 4 nitrogen and oxygen atoms in total. The summed E-state index contributed by atoms with van der Waals surface area (Å²) >= 11 is 38.1. The van der Waals surface area contributed by atoms with E-state index in [1.54, 1.807) is 0 Å². The molecule has 2 amide bonds. The van der Waals surface area contributed by atoms with Gasteiger partial charge in [-0.3, -0.25) is 14.4 Å². The quantitative estimate of drug-likeness (QED) is 0.374. The van der Waals surface area contributed by atoms with Crippen LogP contribution in [-0.2, 0) is 14.4 Å². The molecule has 0 radical (unpaired) electrons. The molecule has 2 fully saturated rings. The highest BCUT2D eigenvalue weighted by atomic mass is 35.5. The van der Waals surface area contributed by atoms with Crippen molar-refractivity contribution in [2.45, 2.75) is 33.8 Å². The zero-order chi connectivity index (χ0) is 17.4. The largest absolute Gasteiger partial charge is 0.272 e. The summed E-state index contributed by atoms with van der Waals surface area (Å²) in [6.45, 7) is 2.16. The zero-order valence-electron chi connectivity index (χ0n) is 11.7. The van der Waals surface area contributed by atoms with Crippen molar-refractivity contribution in [1.82, 2.24) is 5.06 Å². The second-order valence-corrected chi connectivity index (χ2v) is 9.01. The van der Waals surface area contributed by atoms with Crippen LogP contribution in [0.25, 0.3) is 0 Å². The molecule has 4 atom stereocenters. The number of halogens is 6. The maximum absolute atomic E-state index is 12.7. The summed E-state index contributed by atoms with van der Waals surface area (Å²) in [5.74, 6) is -3.61. The summed E-state index contributed by atoms with van der Waals surface area (Å²) < 4.78 is -1.91. The predicted molar refractivity (Wildman–Crippen MR) is 90.0 cm³/mol. The van der Waals surface area contributed by atoms with Gasteiger partial charge in [0.1, 0.15) is 9.75 Å². The molecule has 2 bridgehead atoms. The molecular formula is C13H11Cl6NO3. The average molecular weight is 442 g/mol. The predicted octanol–water partition coefficient (Wildman–Crippen LogP) is 4.16. The van der Waals surface area contributed by atoms with Crippen molar-refractivity contribution in [2.24, 2.45) is 11.8 Å². The van der Waals surface area contributed by atoms with Crippen LogP contribution < -0.4 is 0 Å². The first-order chi connectivity index (χ1) is 10.6. The first-order valence-corrected chi connectivity index (χ1v) is 9.17. The van der Waals surface area contributed by atoms with Crippen LogP contribution in [0.4, 0.5) is 0 Å². The molecule has 1 saturated carbocycles. The maximum Gasteiger partial charge on any atom is 0.259 e. The van der Waals surface area contributed by atoms with E-state index in [1.807, 2.05) is 6.92 Å². The van der Waals surface area contributed by atoms with E-state index >= 15 is 0 Å². The molecule has 3 rings (SSSR count). The van der Waals surface area contributed by atoms with Gasteiger partial charge < -0.3 is 0 Å². The fourth-order valence-corrected chi connectivity index (χ4v) is 6.33. The fourth-order valence-electron chi connectivity index (χ4n) is 3.40. The third-order valence-electron chi connectivity index (χ3n) is 4.59. The normalized spacial score (nSPS) is 41.3. The first kappa shape index (κ1) is 18.4. The summed E-state index contributed by atoms with van der Waals surface area (Å²) in [5.41, 5.74) is 0. The number of hydrogen-bond donors (Lipinski definition) is 0. The SMILES string of the molecule is CCCCON1C(=O)C2C(C1=O)C1(Cl)C(Cl)=C(Cl)C2(Cl)C1(Cl)Cl. The number of allylic oxidation sites excluding steroid dienone is 2. The van der Waals surface area contributed by atoms with Crippen LogP contribution in [-0.4, -0.2) is 37.6 Å². The van der Waals surface area contributed by atoms with Crippen LogP contribution in [0.2, 0.25) is 0 Å². The lowest BCUT2D eigenvalue weighted by Crippen LogP contribution is -2.50. The van der Waals surface area contributed by atoms with E-state index in [1.165, 1.54) is 0 Å². The van der Waals surface area contributed by atoms with Crippen molar-refractivity contribution < 1.29 is 14.4 Å². The minimum Gasteiger partial charge on any atom is -0.272 e. The number of amides is 2. The van der Waals surface area contributed by atoms with Crippen molar-refractivity contribution in [2.75, 3.05) is 6.61 Å². The van der Waals surface area contributed by atoms with Gasteiger partial charge in [0.25, 0.3) is 11.8 Å². The van der Waals surface area contributed by atoms with Crippen molar-refractivity contribution in [3.05, 3.63) is 10.1 Å². The van der Waals surface area contributed by atoms with E-state index in [4.69, 9.17) is 74.4 Å². The first-order valence-electron chi connectivity index (χ1n) is 6.91. The molecule has 23 heavy (non-hydrogen) atoms. The van der Waals surface area contributed by atoms with Gasteiger partial charge in [-0.15, -0.1) is 23.2 Å². The molecular weight excluding hydrogens is 431 g/mol. The van der Waals surface area contributed by atoms with Gasteiger partial charge >= 0.3 is 0 Å². The lowest BCUT2D eigenvalue weighted by molar-refractivity contribution is -0.190. The van der Waals surface area contributed by atoms with Gasteiger partial charge in [-0.2, -0.15) is 5.06 Å². The summed E-state index contributed by atoms with van der Waals surface area (Å²) in [6.07, 6.45) is 1.52. The Morgan fingerprint density at radius 1 is 1.00 bits per heavy atom. The molecule has 1 heterocycles. The van der Waals surface area contributed by atoms with Crippen LogP contribution in [0.15, 0.2) is 10.1 Å². The molecule has 128 valence electrons. The monoisotopic (exact) mass is 439 g/mol. The Kier molecular flexibility index (Phi) is 4.42. The molecule has 2 aliphatic carbocycles. The summed E-state index contributed by atoms with van der Waals surface area (Å²) in [4.78, 5) is 27.1. The topological polar surface area (TPSA) is 46.6 Å². The Balaban J connectivity index is 2.06. The third kappa shape index (κ3) is 1.87. The van der Waals surface area contributed by atoms with Crippen LogP contribution >= 0.6 is 69.6 Å². The molecule has 1 aliphatic heterocycles. The molecule has 0 aromatic rings. The number of rotatable bonds is 4. The lowest BCUT2D eigenvalue weighted by Gasteiger charge is -2.34. The summed E-state index contributed by atoms with van der Waals surface area (Å²) in [7, 11) is 0. The molecule has 1 saturated heterocycles. The summed E-state index contributed by atoms with van der Waals surface area (Å²) in [6, 6.07) is 0. The van der Waals surface area contributed by atoms with Gasteiger partial charge in [0, 0.05) is 0 Å². The second kappa shape index (κ2) is 5.54. The summed E-state index contributed by atoms with van der Waals surface area (Å²) in [5, 5.41) is 0.458. The van der Waals surface area contributed by atoms with Crippen LogP contribution in [0.3, 0.4) is 0 Å². The smallest absolute Gasteiger partial charge is 0.259 e. The number of hydroxylamine groups is 2. The van der Waals surface area contributed by atoms with Crippen LogP contribution in [0.1, 0.15) is 19.8 Å². The van der Waals surface area contributed by atoms with E-state index in [0.717, 1.165) is 6.42 Å². The lowest BCUT2D eigenvalue weighted by atomic mass is 9.84. The Bertz CT molecular complexity index is 591. The molecule has 0 aromatic carbocycles. The van der Waals surface area contributed by atoms with E-state index in [2.05, 4.69) is 0 Å². The zero-order valence-corrected chi connectivity index (χ0v) is 16.3. The Morgan fingerprint density at radius 2 is 1.43 bits per heavy atom. The Hall–Kier alpha value is 0.580. The highest BCUT2D eigenvalue weighted by molar-refractivity contribution is 6.66. The minimum atomic E-state index is -1.91. The van der Waals surface area contributed by atoms with Crippen molar-refractivity contribution in [1.29, 1.82) is 0 Å². The number of alkyl halides is 4. The van der Waals surface area contributed by atoms with Gasteiger partial charge in [0.05, 0.1) is 28.5 Å². The molecule has 0 aromatic heterocycles. The minimum absolute atomic E-state index is 0.112. The van der Waals surface area contributed by atoms with Crippen molar-refractivity contribution in [3.63, 3.8) is 0 Å². The van der Waals surface area contributed by atoms with Crippen molar-refractivity contribution >= 4 is 81.4 Å². The maximum atomic E-state index is 12.7. The van der Waals surface area contributed by atoms with Gasteiger partial charge in [0.2, 0.25) is 0 Å². The number of nitrogens with zero attached hydrogens (tertiary/aromatic N) is 1. The number of carbonyl (C=O) groups is 2. The third-order valence-corrected chi connectivity index (χ3v) is 8.85. The number of fused-ring (bicyclic) bond motifs is 5. The molecule has 10 heteroatoms. The van der Waals surface area contributed by atoms with E-state index in [-0.39, 0.29) is 16.7 Å². The Labute approximate surface area is 162 Å². The van der Waals surface area contributed by atoms with Gasteiger partial charge in [-0.25, -0.2) is 0 Å². The van der Waals surface area contributed by atoms with E-state index in [9.17, 15) is 9.59 Å². The molecule has 4 unspecified atom stereocenters. The number of hydrogen-bond acceptors (Lipinski definition) is 3. The fraction of sp³-hybridized carbons (Fsp3) is 0.692. The molecule has 0 spiro atoms. The van der Waals surface area contributed by atoms with Crippen molar-refractivity contribution in [3.8, 4) is 0 Å². The standard InChI is InChI=1S/C13H11Cl6NO3/c1-2-3-4-23-20-9(21)5-6(10(20)22)12(17)8(15)7(14)11(5,16)13(12,18)19/h5-6H,2-4H2,1H3. The average Bonchev–Trinajstić information content (AvgIpc) is 2.86. The number of imide groups is 1. The van der Waals surface area contributed by atoms with E-state index < -0.39 is 37.7 Å². The Morgan fingerprint density at radius 3 is 1.83 bits per heavy atom. The number of unbranched alkanes of at least 4 members (excludes halogenated alkanes) is 1. The second-order valence-electron chi connectivity index (χ2n) is 5.74. The van der Waals surface area contributed by atoms with Crippen LogP contribution in [0, 0.1) is 11.8 Å². The highest BCUT2D eigenvalue weighted by Gasteiger charge is 2.87. The van der Waals surface area contributed by atoms with Gasteiger partial charge in [-0.1, -0.05) is 59.7 Å². The number of carbonyl (C=O) groups excluding carboxylic acids is 2. The molecule has 3 aliphatic rings. The van der Waals surface area contributed by atoms with E-state index in [0.29, 0.717) is 11.5 Å².